The number of likely N-dealkylation sites (tertiary alicyclic amines) is 1. The van der Waals surface area contributed by atoms with Crippen LogP contribution in [0.4, 0.5) is 0 Å². The van der Waals surface area contributed by atoms with E-state index in [4.69, 9.17) is 9.47 Å². The molecular formula is C29H45BrN4O6. The number of morpholine rings is 1. The number of aliphatic hydroxyl groups is 1. The van der Waals surface area contributed by atoms with Gasteiger partial charge in [-0.2, -0.15) is 0 Å². The van der Waals surface area contributed by atoms with Gasteiger partial charge in [0.1, 0.15) is 11.6 Å². The lowest BCUT2D eigenvalue weighted by Crippen LogP contribution is -2.58. The van der Waals surface area contributed by atoms with Gasteiger partial charge in [0.15, 0.2) is 0 Å². The van der Waals surface area contributed by atoms with Gasteiger partial charge >= 0.3 is 0 Å². The second kappa shape index (κ2) is 13.9. The zero-order chi connectivity index (χ0) is 28.9. The maximum Gasteiger partial charge on any atom is 0.248 e. The average molecular weight is 626 g/mol. The first-order valence-corrected chi connectivity index (χ1v) is 15.6. The van der Waals surface area contributed by atoms with Crippen LogP contribution >= 0.6 is 15.9 Å². The van der Waals surface area contributed by atoms with Gasteiger partial charge in [0.2, 0.25) is 17.7 Å². The molecule has 1 spiro atoms. The predicted octanol–water partition coefficient (Wildman–Crippen LogP) is 1.28. The average Bonchev–Trinajstić information content (AvgIpc) is 3.54. The molecule has 11 heteroatoms. The summed E-state index contributed by atoms with van der Waals surface area (Å²) in [4.78, 5) is 49.9. The molecule has 3 amide bonds. The number of hydrogen-bond donors (Lipinski definition) is 1. The molecule has 4 fully saturated rings. The van der Waals surface area contributed by atoms with Gasteiger partial charge in [-0.05, 0) is 25.7 Å². The maximum atomic E-state index is 14.4. The van der Waals surface area contributed by atoms with E-state index in [1.165, 1.54) is 0 Å². The quantitative estimate of drug-likeness (QED) is 0.166. The SMILES string of the molecule is C=CCN(CCN1CCOCC1)C(=O)C1N(CCCCO)C(=O)[C@@H]2[C@H](C(=O)N(CC=C)CCC)[C@H]3OC12CC3Br. The molecule has 4 heterocycles. The van der Waals surface area contributed by atoms with E-state index >= 15 is 0 Å². The number of alkyl halides is 1. The Bertz CT molecular complexity index is 945. The summed E-state index contributed by atoms with van der Waals surface area (Å²) in [5.41, 5.74) is -1.09. The summed E-state index contributed by atoms with van der Waals surface area (Å²) >= 11 is 3.76. The highest BCUT2D eigenvalue weighted by molar-refractivity contribution is 9.09. The molecule has 2 bridgehead atoms. The van der Waals surface area contributed by atoms with Crippen LogP contribution in [0.25, 0.3) is 0 Å². The van der Waals surface area contributed by atoms with Crippen LogP contribution in [0.15, 0.2) is 25.3 Å². The van der Waals surface area contributed by atoms with Crippen molar-refractivity contribution in [3.8, 4) is 0 Å². The van der Waals surface area contributed by atoms with E-state index < -0.39 is 29.6 Å². The summed E-state index contributed by atoms with van der Waals surface area (Å²) < 4.78 is 12.1. The van der Waals surface area contributed by atoms with E-state index in [0.717, 1.165) is 19.5 Å². The summed E-state index contributed by atoms with van der Waals surface area (Å²) in [5.74, 6) is -1.88. The Morgan fingerprint density at radius 1 is 1.10 bits per heavy atom. The van der Waals surface area contributed by atoms with Crippen LogP contribution in [0.3, 0.4) is 0 Å². The fourth-order valence-electron chi connectivity index (χ4n) is 6.96. The predicted molar refractivity (Wildman–Crippen MR) is 155 cm³/mol. The molecular weight excluding hydrogens is 580 g/mol. The van der Waals surface area contributed by atoms with E-state index in [1.54, 1.807) is 26.9 Å². The van der Waals surface area contributed by atoms with Gasteiger partial charge in [0.05, 0.1) is 31.2 Å². The van der Waals surface area contributed by atoms with E-state index in [1.807, 2.05) is 6.92 Å². The molecule has 0 aromatic carbocycles. The number of fused-ring (bicyclic) bond motifs is 1. The minimum Gasteiger partial charge on any atom is -0.396 e. The lowest BCUT2D eigenvalue weighted by molar-refractivity contribution is -0.149. The molecule has 4 aliphatic rings. The third-order valence-electron chi connectivity index (χ3n) is 8.72. The molecule has 0 aromatic rings. The number of amides is 3. The number of nitrogens with zero attached hydrogens (tertiary/aromatic N) is 4. The summed E-state index contributed by atoms with van der Waals surface area (Å²) in [7, 11) is 0. The Morgan fingerprint density at radius 3 is 2.40 bits per heavy atom. The number of rotatable bonds is 15. The van der Waals surface area contributed by atoms with Crippen LogP contribution in [0.2, 0.25) is 0 Å². The molecule has 4 aliphatic heterocycles. The normalized spacial score (nSPS) is 31.3. The van der Waals surface area contributed by atoms with Gasteiger partial charge in [0.25, 0.3) is 0 Å². The highest BCUT2D eigenvalue weighted by Gasteiger charge is 2.76. The molecule has 4 saturated heterocycles. The van der Waals surface area contributed by atoms with Crippen LogP contribution in [0.5, 0.6) is 0 Å². The van der Waals surface area contributed by atoms with Crippen LogP contribution in [-0.2, 0) is 23.9 Å². The molecule has 1 N–H and O–H groups in total. The number of carbonyl (C=O) groups excluding carboxylic acids is 3. The second-order valence-electron chi connectivity index (χ2n) is 11.2. The summed E-state index contributed by atoms with van der Waals surface area (Å²) in [6.45, 7) is 15.5. The van der Waals surface area contributed by atoms with Gasteiger partial charge in [0, 0.05) is 63.8 Å². The highest BCUT2D eigenvalue weighted by atomic mass is 79.9. The van der Waals surface area contributed by atoms with Crippen molar-refractivity contribution in [3.05, 3.63) is 25.3 Å². The Hall–Kier alpha value is -1.79. The second-order valence-corrected chi connectivity index (χ2v) is 12.4. The zero-order valence-electron chi connectivity index (χ0n) is 23.7. The largest absolute Gasteiger partial charge is 0.396 e. The molecule has 0 aliphatic carbocycles. The van der Waals surface area contributed by atoms with Crippen molar-refractivity contribution in [3.63, 3.8) is 0 Å². The number of halogens is 1. The Labute approximate surface area is 246 Å². The van der Waals surface area contributed by atoms with E-state index in [2.05, 4.69) is 34.0 Å². The molecule has 0 aromatic heterocycles. The first-order valence-electron chi connectivity index (χ1n) is 14.7. The van der Waals surface area contributed by atoms with Crippen molar-refractivity contribution in [1.82, 2.24) is 19.6 Å². The van der Waals surface area contributed by atoms with E-state index in [0.29, 0.717) is 71.7 Å². The number of unbranched alkanes of at least 4 members (excludes halogenated alkanes) is 1. The van der Waals surface area contributed by atoms with Gasteiger partial charge in [-0.15, -0.1) is 13.2 Å². The molecule has 0 saturated carbocycles. The standard InChI is InChI=1S/C29H45BrN4O6/c1-4-9-32(10-5-2)26(36)22-23-27(37)34(12-7-8-17-35)25(29(23)20-21(30)24(22)40-29)28(38)33(11-6-3)14-13-31-15-18-39-19-16-31/h4,6,21-25,35H,1,3,5,7-20H2,2H3/t21?,22-,23-,24-,25?,29?/m0/s1. The van der Waals surface area contributed by atoms with E-state index in [9.17, 15) is 19.5 Å². The van der Waals surface area contributed by atoms with Gasteiger partial charge in [-0.1, -0.05) is 35.0 Å². The molecule has 4 rings (SSSR count). The first-order chi connectivity index (χ1) is 19.3. The van der Waals surface area contributed by atoms with Crippen LogP contribution < -0.4 is 0 Å². The number of ether oxygens (including phenoxy) is 2. The molecule has 0 radical (unpaired) electrons. The fourth-order valence-corrected chi connectivity index (χ4v) is 7.90. The zero-order valence-corrected chi connectivity index (χ0v) is 25.3. The molecule has 224 valence electrons. The first kappa shape index (κ1) is 31.2. The van der Waals surface area contributed by atoms with Crippen molar-refractivity contribution in [2.45, 2.75) is 55.2 Å². The van der Waals surface area contributed by atoms with Crippen molar-refractivity contribution in [2.24, 2.45) is 11.8 Å². The van der Waals surface area contributed by atoms with Crippen LogP contribution in [0, 0.1) is 11.8 Å². The summed E-state index contributed by atoms with van der Waals surface area (Å²) in [6, 6.07) is -0.838. The fraction of sp³-hybridized carbons (Fsp3) is 0.759. The van der Waals surface area contributed by atoms with Gasteiger partial charge in [-0.3, -0.25) is 19.3 Å². The summed E-state index contributed by atoms with van der Waals surface area (Å²) in [6.07, 6.45) is 5.27. The number of hydrogen-bond acceptors (Lipinski definition) is 7. The van der Waals surface area contributed by atoms with Crippen LogP contribution in [0.1, 0.15) is 32.6 Å². The molecule has 6 atom stereocenters. The van der Waals surface area contributed by atoms with Gasteiger partial charge < -0.3 is 29.3 Å². The van der Waals surface area contributed by atoms with Crippen LogP contribution in [-0.4, -0.2) is 137 Å². The lowest BCUT2D eigenvalue weighted by atomic mass is 9.70. The smallest absolute Gasteiger partial charge is 0.248 e. The summed E-state index contributed by atoms with van der Waals surface area (Å²) in [5, 5.41) is 9.42. The third kappa shape index (κ3) is 5.90. The topological polar surface area (TPSA) is 103 Å². The Balaban J connectivity index is 1.66. The lowest BCUT2D eigenvalue weighted by Gasteiger charge is -2.38. The molecule has 3 unspecified atom stereocenters. The number of aliphatic hydroxyl groups excluding tert-OH is 1. The number of carbonyl (C=O) groups is 3. The maximum absolute atomic E-state index is 14.4. The van der Waals surface area contributed by atoms with Gasteiger partial charge in [-0.25, -0.2) is 0 Å². The van der Waals surface area contributed by atoms with Crippen molar-refractivity contribution < 1.29 is 29.0 Å². The van der Waals surface area contributed by atoms with E-state index in [-0.39, 0.29) is 29.2 Å². The third-order valence-corrected chi connectivity index (χ3v) is 9.57. The van der Waals surface area contributed by atoms with Crippen molar-refractivity contribution in [1.29, 1.82) is 0 Å². The van der Waals surface area contributed by atoms with Crippen molar-refractivity contribution >= 4 is 33.7 Å². The minimum atomic E-state index is -1.09. The minimum absolute atomic E-state index is 0.00798. The van der Waals surface area contributed by atoms with Crippen molar-refractivity contribution in [2.75, 3.05) is 72.2 Å². The highest BCUT2D eigenvalue weighted by Crippen LogP contribution is 2.60. The Morgan fingerprint density at radius 2 is 1.77 bits per heavy atom. The Kier molecular flexibility index (Phi) is 10.8. The molecule has 10 nitrogen and oxygen atoms in total. The monoisotopic (exact) mass is 624 g/mol. The molecule has 40 heavy (non-hydrogen) atoms.